The third kappa shape index (κ3) is 4.71. The lowest BCUT2D eigenvalue weighted by Gasteiger charge is -2.23. The van der Waals surface area contributed by atoms with Gasteiger partial charge >= 0.3 is 6.03 Å². The SMILES string of the molecule is CCC(NC(=O)NCC(O)c1cccc(C)c1)C1CCCO1. The maximum atomic E-state index is 12.0. The van der Waals surface area contributed by atoms with Crippen LogP contribution in [0.25, 0.3) is 0 Å². The van der Waals surface area contributed by atoms with E-state index in [4.69, 9.17) is 4.74 Å². The van der Waals surface area contributed by atoms with Crippen molar-refractivity contribution in [3.05, 3.63) is 35.4 Å². The zero-order valence-electron chi connectivity index (χ0n) is 13.3. The maximum absolute atomic E-state index is 12.0. The molecule has 1 saturated heterocycles. The number of benzene rings is 1. The molecule has 1 aromatic rings. The molecule has 22 heavy (non-hydrogen) atoms. The molecule has 1 aliphatic heterocycles. The summed E-state index contributed by atoms with van der Waals surface area (Å²) in [6.45, 7) is 4.98. The lowest BCUT2D eigenvalue weighted by molar-refractivity contribution is 0.0793. The second-order valence-electron chi connectivity index (χ2n) is 5.85. The van der Waals surface area contributed by atoms with Crippen LogP contribution >= 0.6 is 0 Å². The first-order valence-corrected chi connectivity index (χ1v) is 8.00. The third-order valence-electron chi connectivity index (χ3n) is 4.05. The average Bonchev–Trinajstić information content (AvgIpc) is 3.04. The molecule has 0 bridgehead atoms. The molecule has 1 aromatic carbocycles. The van der Waals surface area contributed by atoms with E-state index in [-0.39, 0.29) is 24.7 Å². The number of aliphatic hydroxyl groups is 1. The highest BCUT2D eigenvalue weighted by Gasteiger charge is 2.25. The first-order chi connectivity index (χ1) is 10.6. The van der Waals surface area contributed by atoms with E-state index in [1.54, 1.807) is 0 Å². The Balaban J connectivity index is 1.79. The number of amides is 2. The van der Waals surface area contributed by atoms with Gasteiger partial charge in [0.05, 0.1) is 18.2 Å². The number of nitrogens with one attached hydrogen (secondary N) is 2. The minimum Gasteiger partial charge on any atom is -0.387 e. The second-order valence-corrected chi connectivity index (χ2v) is 5.85. The highest BCUT2D eigenvalue weighted by molar-refractivity contribution is 5.74. The molecule has 0 saturated carbocycles. The van der Waals surface area contributed by atoms with Crippen LogP contribution in [0.2, 0.25) is 0 Å². The van der Waals surface area contributed by atoms with Crippen LogP contribution in [0.15, 0.2) is 24.3 Å². The Kier molecular flexibility index (Phi) is 6.21. The standard InChI is InChI=1S/C17H26N2O3/c1-3-14(16-8-5-9-22-16)19-17(21)18-11-15(20)13-7-4-6-12(2)10-13/h4,6-7,10,14-16,20H,3,5,8-9,11H2,1-2H3,(H2,18,19,21). The first-order valence-electron chi connectivity index (χ1n) is 8.00. The number of rotatable bonds is 6. The number of aliphatic hydroxyl groups excluding tert-OH is 1. The van der Waals surface area contributed by atoms with Gasteiger partial charge < -0.3 is 20.5 Å². The quantitative estimate of drug-likeness (QED) is 0.755. The molecular formula is C17H26N2O3. The number of urea groups is 1. The number of hydrogen-bond acceptors (Lipinski definition) is 3. The van der Waals surface area contributed by atoms with Gasteiger partial charge in [-0.05, 0) is 31.7 Å². The lowest BCUT2D eigenvalue weighted by atomic mass is 10.1. The van der Waals surface area contributed by atoms with E-state index in [1.165, 1.54) is 0 Å². The highest BCUT2D eigenvalue weighted by Crippen LogP contribution is 2.17. The number of aryl methyl sites for hydroxylation is 1. The van der Waals surface area contributed by atoms with Crippen LogP contribution in [0.3, 0.4) is 0 Å². The highest BCUT2D eigenvalue weighted by atomic mass is 16.5. The Bertz CT molecular complexity index is 487. The van der Waals surface area contributed by atoms with Gasteiger partial charge in [0, 0.05) is 13.2 Å². The molecule has 3 atom stereocenters. The van der Waals surface area contributed by atoms with Gasteiger partial charge in [0.2, 0.25) is 0 Å². The molecule has 2 rings (SSSR count). The third-order valence-corrected chi connectivity index (χ3v) is 4.05. The van der Waals surface area contributed by atoms with E-state index in [2.05, 4.69) is 10.6 Å². The Morgan fingerprint density at radius 3 is 2.95 bits per heavy atom. The number of ether oxygens (including phenoxy) is 1. The average molecular weight is 306 g/mol. The summed E-state index contributed by atoms with van der Waals surface area (Å²) in [6.07, 6.45) is 2.28. The van der Waals surface area contributed by atoms with Gasteiger partial charge in [-0.1, -0.05) is 36.8 Å². The molecule has 1 aliphatic rings. The number of carbonyl (C=O) groups is 1. The molecule has 2 amide bonds. The predicted molar refractivity (Wildman–Crippen MR) is 85.7 cm³/mol. The number of hydrogen-bond donors (Lipinski definition) is 3. The summed E-state index contributed by atoms with van der Waals surface area (Å²) in [4.78, 5) is 12.0. The Morgan fingerprint density at radius 1 is 1.50 bits per heavy atom. The minimum atomic E-state index is -0.701. The molecule has 0 radical (unpaired) electrons. The molecule has 0 aromatic heterocycles. The van der Waals surface area contributed by atoms with Crippen molar-refractivity contribution in [1.82, 2.24) is 10.6 Å². The van der Waals surface area contributed by atoms with Gasteiger partial charge in [-0.3, -0.25) is 0 Å². The fourth-order valence-electron chi connectivity index (χ4n) is 2.78. The fourth-order valence-corrected chi connectivity index (χ4v) is 2.78. The van der Waals surface area contributed by atoms with E-state index in [0.717, 1.165) is 37.0 Å². The summed E-state index contributed by atoms with van der Waals surface area (Å²) in [5, 5.41) is 15.8. The maximum Gasteiger partial charge on any atom is 0.315 e. The van der Waals surface area contributed by atoms with Gasteiger partial charge in [-0.2, -0.15) is 0 Å². The van der Waals surface area contributed by atoms with Crippen LogP contribution in [0, 0.1) is 6.92 Å². The second kappa shape index (κ2) is 8.15. The van der Waals surface area contributed by atoms with Crippen molar-refractivity contribution in [3.63, 3.8) is 0 Å². The van der Waals surface area contributed by atoms with Crippen LogP contribution in [0.4, 0.5) is 4.79 Å². The monoisotopic (exact) mass is 306 g/mol. The van der Waals surface area contributed by atoms with E-state index < -0.39 is 6.10 Å². The van der Waals surface area contributed by atoms with Gasteiger partial charge in [-0.25, -0.2) is 4.79 Å². The van der Waals surface area contributed by atoms with Crippen LogP contribution in [-0.4, -0.2) is 36.4 Å². The minimum absolute atomic E-state index is 0.0265. The summed E-state index contributed by atoms with van der Waals surface area (Å²) in [5.41, 5.74) is 1.90. The summed E-state index contributed by atoms with van der Waals surface area (Å²) >= 11 is 0. The topological polar surface area (TPSA) is 70.6 Å². The molecule has 122 valence electrons. The Hall–Kier alpha value is -1.59. The molecule has 1 fully saturated rings. The van der Waals surface area contributed by atoms with Gasteiger partial charge in [0.15, 0.2) is 0 Å². The zero-order valence-corrected chi connectivity index (χ0v) is 13.3. The zero-order chi connectivity index (χ0) is 15.9. The van der Waals surface area contributed by atoms with Crippen LogP contribution in [0.1, 0.15) is 43.4 Å². The van der Waals surface area contributed by atoms with Crippen molar-refractivity contribution in [1.29, 1.82) is 0 Å². The van der Waals surface area contributed by atoms with E-state index in [0.29, 0.717) is 0 Å². The van der Waals surface area contributed by atoms with Crippen molar-refractivity contribution in [2.75, 3.05) is 13.2 Å². The molecular weight excluding hydrogens is 280 g/mol. The molecule has 3 N–H and O–H groups in total. The summed E-state index contributed by atoms with van der Waals surface area (Å²) in [6, 6.07) is 7.43. The molecule has 3 unspecified atom stereocenters. The van der Waals surface area contributed by atoms with Gasteiger partial charge in [-0.15, -0.1) is 0 Å². The first kappa shape index (κ1) is 16.8. The van der Waals surface area contributed by atoms with Gasteiger partial charge in [0.25, 0.3) is 0 Å². The van der Waals surface area contributed by atoms with Crippen molar-refractivity contribution in [2.24, 2.45) is 0 Å². The van der Waals surface area contributed by atoms with E-state index in [1.807, 2.05) is 38.1 Å². The molecule has 0 aliphatic carbocycles. The smallest absolute Gasteiger partial charge is 0.315 e. The molecule has 5 nitrogen and oxygen atoms in total. The Morgan fingerprint density at radius 2 is 2.32 bits per heavy atom. The summed E-state index contributed by atoms with van der Waals surface area (Å²) < 4.78 is 5.62. The van der Waals surface area contributed by atoms with Crippen molar-refractivity contribution < 1.29 is 14.6 Å². The molecule has 0 spiro atoms. The summed E-state index contributed by atoms with van der Waals surface area (Å²) in [7, 11) is 0. The van der Waals surface area contributed by atoms with E-state index >= 15 is 0 Å². The Labute approximate surface area is 132 Å². The van der Waals surface area contributed by atoms with Gasteiger partial charge in [0.1, 0.15) is 0 Å². The number of carbonyl (C=O) groups excluding carboxylic acids is 1. The molecule has 5 heteroatoms. The lowest BCUT2D eigenvalue weighted by Crippen LogP contribution is -2.48. The fraction of sp³-hybridized carbons (Fsp3) is 0.588. The van der Waals surface area contributed by atoms with E-state index in [9.17, 15) is 9.90 Å². The van der Waals surface area contributed by atoms with Crippen molar-refractivity contribution in [2.45, 2.75) is 51.4 Å². The van der Waals surface area contributed by atoms with Crippen molar-refractivity contribution in [3.8, 4) is 0 Å². The van der Waals surface area contributed by atoms with Crippen LogP contribution in [0.5, 0.6) is 0 Å². The van der Waals surface area contributed by atoms with Crippen molar-refractivity contribution >= 4 is 6.03 Å². The largest absolute Gasteiger partial charge is 0.387 e. The predicted octanol–water partition coefficient (Wildman–Crippen LogP) is 2.29. The van der Waals surface area contributed by atoms with Crippen LogP contribution < -0.4 is 10.6 Å². The summed E-state index contributed by atoms with van der Waals surface area (Å²) in [5.74, 6) is 0. The van der Waals surface area contributed by atoms with Crippen LogP contribution in [-0.2, 0) is 4.74 Å². The molecule has 1 heterocycles. The normalized spacial score (nSPS) is 20.4.